The van der Waals surface area contributed by atoms with E-state index in [1.54, 1.807) is 18.2 Å². The largest absolute Gasteiger partial charge is 0.457 e. The van der Waals surface area contributed by atoms with Crippen molar-refractivity contribution in [1.29, 1.82) is 0 Å². The van der Waals surface area contributed by atoms with Gasteiger partial charge in [-0.3, -0.25) is 4.79 Å². The molecule has 1 saturated carbocycles. The second kappa shape index (κ2) is 9.93. The molecule has 1 unspecified atom stereocenters. The summed E-state index contributed by atoms with van der Waals surface area (Å²) in [5.74, 6) is -1.38. The Kier molecular flexibility index (Phi) is 7.31. The van der Waals surface area contributed by atoms with Crippen molar-refractivity contribution in [1.82, 2.24) is 5.32 Å². The fourth-order valence-electron chi connectivity index (χ4n) is 3.59. The second-order valence-electron chi connectivity index (χ2n) is 7.64. The van der Waals surface area contributed by atoms with Crippen molar-refractivity contribution in [3.8, 4) is 0 Å². The van der Waals surface area contributed by atoms with Crippen LogP contribution in [0.1, 0.15) is 55.1 Å². The van der Waals surface area contributed by atoms with E-state index < -0.39 is 27.7 Å². The van der Waals surface area contributed by atoms with Gasteiger partial charge in [-0.1, -0.05) is 37.5 Å². The van der Waals surface area contributed by atoms with Gasteiger partial charge in [0.1, 0.15) is 0 Å². The van der Waals surface area contributed by atoms with Gasteiger partial charge in [-0.05, 0) is 43.9 Å². The lowest BCUT2D eigenvalue weighted by Crippen LogP contribution is -2.38. The minimum Gasteiger partial charge on any atom is -0.457 e. The zero-order valence-electron chi connectivity index (χ0n) is 17.0. The first-order valence-corrected chi connectivity index (χ1v) is 11.8. The van der Waals surface area contributed by atoms with Gasteiger partial charge in [-0.25, -0.2) is 13.2 Å². The molecule has 30 heavy (non-hydrogen) atoms. The summed E-state index contributed by atoms with van der Waals surface area (Å²) in [6.45, 7) is 2.06. The van der Waals surface area contributed by atoms with Crippen LogP contribution in [0.4, 0.5) is 0 Å². The molecule has 1 aliphatic carbocycles. The Bertz CT molecular complexity index is 961. The van der Waals surface area contributed by atoms with Crippen molar-refractivity contribution in [3.05, 3.63) is 54.0 Å². The first-order chi connectivity index (χ1) is 14.4. The Hall–Kier alpha value is -2.61. The second-order valence-corrected chi connectivity index (χ2v) is 9.63. The number of furan rings is 1. The molecule has 7 nitrogen and oxygen atoms in total. The van der Waals surface area contributed by atoms with Crippen LogP contribution in [-0.2, 0) is 25.1 Å². The maximum Gasteiger partial charge on any atom is 0.375 e. The Morgan fingerprint density at radius 3 is 2.53 bits per heavy atom. The maximum absolute atomic E-state index is 12.6. The van der Waals surface area contributed by atoms with Gasteiger partial charge in [0.2, 0.25) is 5.76 Å². The van der Waals surface area contributed by atoms with E-state index in [1.165, 1.54) is 50.6 Å². The molecular weight excluding hydrogens is 406 g/mol. The number of sulfone groups is 1. The Labute approximate surface area is 176 Å². The number of hydrogen-bond donors (Lipinski definition) is 1. The molecule has 1 aliphatic rings. The van der Waals surface area contributed by atoms with E-state index in [-0.39, 0.29) is 22.1 Å². The van der Waals surface area contributed by atoms with Gasteiger partial charge >= 0.3 is 5.97 Å². The van der Waals surface area contributed by atoms with E-state index in [2.05, 4.69) is 5.32 Å². The van der Waals surface area contributed by atoms with Crippen molar-refractivity contribution in [2.24, 2.45) is 5.92 Å². The number of carbonyl (C=O) groups excluding carboxylic acids is 2. The quantitative estimate of drug-likeness (QED) is 0.639. The van der Waals surface area contributed by atoms with Gasteiger partial charge < -0.3 is 14.5 Å². The minimum absolute atomic E-state index is 0.154. The average molecular weight is 434 g/mol. The highest BCUT2D eigenvalue weighted by atomic mass is 32.2. The molecule has 1 N–H and O–H groups in total. The summed E-state index contributed by atoms with van der Waals surface area (Å²) < 4.78 is 35.6. The predicted molar refractivity (Wildman–Crippen MR) is 111 cm³/mol. The van der Waals surface area contributed by atoms with Crippen molar-refractivity contribution in [3.63, 3.8) is 0 Å². The van der Waals surface area contributed by atoms with Crippen molar-refractivity contribution < 1.29 is 27.2 Å². The number of nitrogens with one attached hydrogen (secondary N) is 1. The van der Waals surface area contributed by atoms with Crippen molar-refractivity contribution in [2.45, 2.75) is 55.8 Å². The van der Waals surface area contributed by atoms with E-state index in [4.69, 9.17) is 9.15 Å². The summed E-state index contributed by atoms with van der Waals surface area (Å²) >= 11 is 0. The molecule has 0 radical (unpaired) electrons. The zero-order chi connectivity index (χ0) is 21.6. The molecule has 0 aliphatic heterocycles. The topological polar surface area (TPSA) is 103 Å². The highest BCUT2D eigenvalue weighted by Crippen LogP contribution is 2.23. The van der Waals surface area contributed by atoms with Crippen LogP contribution in [0.3, 0.4) is 0 Å². The molecule has 162 valence electrons. The van der Waals surface area contributed by atoms with Gasteiger partial charge in [-0.15, -0.1) is 0 Å². The number of hydrogen-bond acceptors (Lipinski definition) is 6. The van der Waals surface area contributed by atoms with Crippen LogP contribution in [0.25, 0.3) is 0 Å². The first-order valence-electron chi connectivity index (χ1n) is 10.2. The van der Waals surface area contributed by atoms with Crippen LogP contribution in [0.5, 0.6) is 0 Å². The fraction of sp³-hybridized carbons (Fsp3) is 0.455. The molecule has 8 heteroatoms. The molecule has 1 aromatic heterocycles. The molecule has 0 spiro atoms. The molecule has 1 aromatic carbocycles. The lowest BCUT2D eigenvalue weighted by molar-refractivity contribution is -0.129. The third-order valence-electron chi connectivity index (χ3n) is 5.32. The molecule has 1 amide bonds. The third kappa shape index (κ3) is 5.72. The molecule has 1 heterocycles. The Morgan fingerprint density at radius 1 is 1.13 bits per heavy atom. The average Bonchev–Trinajstić information content (AvgIpc) is 3.21. The summed E-state index contributed by atoms with van der Waals surface area (Å²) in [6, 6.07) is 9.39. The SMILES string of the molecule is CC(OC(=O)c1occc1CS(=O)(=O)c1ccccc1)C(=O)NCC1CCCCC1. The van der Waals surface area contributed by atoms with E-state index in [0.29, 0.717) is 12.5 Å². The summed E-state index contributed by atoms with van der Waals surface area (Å²) in [5.41, 5.74) is 0.193. The monoisotopic (exact) mass is 433 g/mol. The number of benzene rings is 1. The number of carbonyl (C=O) groups is 2. The lowest BCUT2D eigenvalue weighted by atomic mass is 9.89. The van der Waals surface area contributed by atoms with Crippen molar-refractivity contribution in [2.75, 3.05) is 6.54 Å². The summed E-state index contributed by atoms with van der Waals surface area (Å²) in [5, 5.41) is 2.83. The predicted octanol–water partition coefficient (Wildman–Crippen LogP) is 3.50. The summed E-state index contributed by atoms with van der Waals surface area (Å²) in [7, 11) is -3.65. The maximum atomic E-state index is 12.6. The highest BCUT2D eigenvalue weighted by Gasteiger charge is 2.26. The number of esters is 1. The minimum atomic E-state index is -3.65. The molecule has 1 atom stereocenters. The lowest BCUT2D eigenvalue weighted by Gasteiger charge is -2.22. The van der Waals surface area contributed by atoms with Crippen LogP contribution >= 0.6 is 0 Å². The Morgan fingerprint density at radius 2 is 1.83 bits per heavy atom. The molecule has 3 rings (SSSR count). The van der Waals surface area contributed by atoms with Crippen LogP contribution < -0.4 is 5.32 Å². The van der Waals surface area contributed by atoms with E-state index in [9.17, 15) is 18.0 Å². The normalized spacial score (nSPS) is 16.0. The van der Waals surface area contributed by atoms with Crippen LogP contribution in [0.2, 0.25) is 0 Å². The molecular formula is C22H27NO6S. The molecule has 2 aromatic rings. The standard InChI is InChI=1S/C22H27NO6S/c1-16(21(24)23-14-17-8-4-2-5-9-17)29-22(25)20-18(12-13-28-20)15-30(26,27)19-10-6-3-7-11-19/h3,6-7,10-13,16-17H,2,4-5,8-9,14-15H2,1H3,(H,23,24). The van der Waals surface area contributed by atoms with E-state index in [0.717, 1.165) is 12.8 Å². The third-order valence-corrected chi connectivity index (χ3v) is 7.00. The number of ether oxygens (including phenoxy) is 1. The zero-order valence-corrected chi connectivity index (χ0v) is 17.8. The van der Waals surface area contributed by atoms with E-state index >= 15 is 0 Å². The van der Waals surface area contributed by atoms with Gasteiger partial charge in [0, 0.05) is 12.1 Å². The van der Waals surface area contributed by atoms with Crippen LogP contribution in [0.15, 0.2) is 52.0 Å². The van der Waals surface area contributed by atoms with Gasteiger partial charge in [0.05, 0.1) is 16.9 Å². The van der Waals surface area contributed by atoms with Gasteiger partial charge in [0.15, 0.2) is 15.9 Å². The number of amides is 1. The first kappa shape index (κ1) is 22.1. The van der Waals surface area contributed by atoms with Gasteiger partial charge in [0.25, 0.3) is 5.91 Å². The summed E-state index contributed by atoms with van der Waals surface area (Å²) in [6.07, 6.45) is 6.02. The fourth-order valence-corrected chi connectivity index (χ4v) is 4.97. The van der Waals surface area contributed by atoms with Crippen LogP contribution in [-0.4, -0.2) is 32.9 Å². The van der Waals surface area contributed by atoms with Crippen LogP contribution in [0, 0.1) is 5.92 Å². The number of rotatable bonds is 8. The van der Waals surface area contributed by atoms with Crippen molar-refractivity contribution >= 4 is 21.7 Å². The molecule has 1 fully saturated rings. The highest BCUT2D eigenvalue weighted by molar-refractivity contribution is 7.90. The Balaban J connectivity index is 1.58. The smallest absolute Gasteiger partial charge is 0.375 e. The summed E-state index contributed by atoms with van der Waals surface area (Å²) in [4.78, 5) is 24.9. The van der Waals surface area contributed by atoms with E-state index in [1.807, 2.05) is 0 Å². The molecule has 0 bridgehead atoms. The molecule has 0 saturated heterocycles. The van der Waals surface area contributed by atoms with Gasteiger partial charge in [-0.2, -0.15) is 0 Å².